The zero-order valence-corrected chi connectivity index (χ0v) is 16.8. The van der Waals surface area contributed by atoms with Crippen LogP contribution in [0.4, 0.5) is 0 Å². The summed E-state index contributed by atoms with van der Waals surface area (Å²) in [4.78, 5) is 13.8. The average Bonchev–Trinajstić information content (AvgIpc) is 3.14. The van der Waals surface area contributed by atoms with Crippen molar-refractivity contribution in [3.05, 3.63) is 51.8 Å². The summed E-state index contributed by atoms with van der Waals surface area (Å²) in [6, 6.07) is 12.1. The van der Waals surface area contributed by atoms with Crippen LogP contribution in [-0.2, 0) is 0 Å². The zero-order chi connectivity index (χ0) is 17.4. The van der Waals surface area contributed by atoms with Gasteiger partial charge in [-0.3, -0.25) is 9.36 Å². The average molecular weight is 434 g/mol. The highest BCUT2D eigenvalue weighted by atomic mass is 79.9. The number of ketones is 1. The molecule has 1 fully saturated rings. The molecule has 0 amide bonds. The lowest BCUT2D eigenvalue weighted by molar-refractivity contribution is 0.0994. The molecule has 0 bridgehead atoms. The largest absolute Gasteiger partial charge is 0.298 e. The third kappa shape index (κ3) is 3.59. The summed E-state index contributed by atoms with van der Waals surface area (Å²) >= 11 is 6.57. The number of aromatic nitrogens is 3. The van der Waals surface area contributed by atoms with Gasteiger partial charge in [0.1, 0.15) is 0 Å². The van der Waals surface area contributed by atoms with E-state index in [0.29, 0.717) is 6.04 Å². The molecule has 1 aromatic carbocycles. The molecule has 25 heavy (non-hydrogen) atoms. The minimum absolute atomic E-state index is 0.112. The topological polar surface area (TPSA) is 47.8 Å². The molecule has 1 atom stereocenters. The van der Waals surface area contributed by atoms with Crippen molar-refractivity contribution in [3.63, 3.8) is 0 Å². The molecule has 3 aromatic rings. The van der Waals surface area contributed by atoms with Crippen LogP contribution in [0.3, 0.4) is 0 Å². The molecule has 7 heteroatoms. The van der Waals surface area contributed by atoms with Gasteiger partial charge in [0, 0.05) is 16.1 Å². The molecule has 1 aliphatic carbocycles. The van der Waals surface area contributed by atoms with Crippen LogP contribution in [0.25, 0.3) is 10.7 Å². The second kappa shape index (κ2) is 7.05. The van der Waals surface area contributed by atoms with Gasteiger partial charge in [0.2, 0.25) is 0 Å². The van der Waals surface area contributed by atoms with E-state index in [-0.39, 0.29) is 11.0 Å². The summed E-state index contributed by atoms with van der Waals surface area (Å²) in [5, 5.41) is 11.5. The summed E-state index contributed by atoms with van der Waals surface area (Å²) in [5.74, 6) is 1.03. The Hall–Kier alpha value is -1.44. The summed E-state index contributed by atoms with van der Waals surface area (Å²) in [6.45, 7) is 1.94. The van der Waals surface area contributed by atoms with Crippen molar-refractivity contribution in [1.29, 1.82) is 0 Å². The number of nitrogens with zero attached hydrogens (tertiary/aromatic N) is 3. The Morgan fingerprint density at radius 3 is 2.68 bits per heavy atom. The fourth-order valence-electron chi connectivity index (χ4n) is 2.65. The maximum Gasteiger partial charge on any atom is 0.192 e. The maximum absolute atomic E-state index is 12.7. The molecule has 2 aromatic heterocycles. The summed E-state index contributed by atoms with van der Waals surface area (Å²) in [7, 11) is 0. The van der Waals surface area contributed by atoms with E-state index in [1.807, 2.05) is 42.6 Å². The zero-order valence-electron chi connectivity index (χ0n) is 13.6. The highest BCUT2D eigenvalue weighted by Crippen LogP contribution is 2.42. The Labute approximate surface area is 162 Å². The molecule has 1 unspecified atom stereocenters. The third-order valence-corrected chi connectivity index (χ3v) is 6.55. The second-order valence-corrected chi connectivity index (χ2v) is 9.19. The molecule has 4 rings (SSSR count). The molecular formula is C18H16BrN3OS2. The van der Waals surface area contributed by atoms with E-state index in [2.05, 4.69) is 36.8 Å². The highest BCUT2D eigenvalue weighted by molar-refractivity contribution is 9.10. The fourth-order valence-corrected chi connectivity index (χ4v) is 4.62. The lowest BCUT2D eigenvalue weighted by Gasteiger charge is -2.12. The van der Waals surface area contributed by atoms with E-state index in [9.17, 15) is 4.79 Å². The van der Waals surface area contributed by atoms with Crippen LogP contribution in [0.2, 0.25) is 0 Å². The number of Topliss-reactive ketones (excluding diaryl/α,β-unsaturated/α-hetero) is 1. The minimum atomic E-state index is -0.209. The van der Waals surface area contributed by atoms with Gasteiger partial charge in [-0.25, -0.2) is 0 Å². The number of thioether (sulfide) groups is 1. The van der Waals surface area contributed by atoms with Crippen molar-refractivity contribution in [1.82, 2.24) is 14.8 Å². The third-order valence-electron chi connectivity index (χ3n) is 4.10. The first-order chi connectivity index (χ1) is 12.1. The first-order valence-electron chi connectivity index (χ1n) is 8.08. The van der Waals surface area contributed by atoms with Crippen molar-refractivity contribution in [2.45, 2.75) is 36.2 Å². The molecule has 0 saturated heterocycles. The van der Waals surface area contributed by atoms with Crippen LogP contribution < -0.4 is 0 Å². The predicted molar refractivity (Wildman–Crippen MR) is 105 cm³/mol. The van der Waals surface area contributed by atoms with Gasteiger partial charge >= 0.3 is 0 Å². The number of rotatable bonds is 6. The van der Waals surface area contributed by atoms with Crippen molar-refractivity contribution in [3.8, 4) is 10.7 Å². The number of carbonyl (C=O) groups is 1. The number of halogens is 1. The molecule has 2 heterocycles. The SMILES string of the molecule is CC(Sc1nnc(-c2cccs2)n1C1CC1)C(=O)c1ccc(Br)cc1. The van der Waals surface area contributed by atoms with Crippen molar-refractivity contribution in [2.75, 3.05) is 0 Å². The number of carbonyl (C=O) groups excluding carboxylic acids is 1. The van der Waals surface area contributed by atoms with E-state index in [4.69, 9.17) is 0 Å². The van der Waals surface area contributed by atoms with Crippen LogP contribution in [0.1, 0.15) is 36.2 Å². The Kier molecular flexibility index (Phi) is 4.80. The predicted octanol–water partition coefficient (Wildman–Crippen LogP) is 5.47. The molecule has 1 aliphatic rings. The van der Waals surface area contributed by atoms with E-state index < -0.39 is 0 Å². The second-order valence-electron chi connectivity index (χ2n) is 6.02. The summed E-state index contributed by atoms with van der Waals surface area (Å²) < 4.78 is 3.18. The Balaban J connectivity index is 1.58. The number of benzene rings is 1. The van der Waals surface area contributed by atoms with Crippen molar-refractivity contribution >= 4 is 44.8 Å². The molecule has 4 nitrogen and oxygen atoms in total. The van der Waals surface area contributed by atoms with Gasteiger partial charge < -0.3 is 0 Å². The van der Waals surface area contributed by atoms with Gasteiger partial charge in [-0.05, 0) is 43.3 Å². The van der Waals surface area contributed by atoms with Crippen LogP contribution in [-0.4, -0.2) is 25.8 Å². The maximum atomic E-state index is 12.7. The Bertz CT molecular complexity index is 886. The molecule has 0 aliphatic heterocycles. The van der Waals surface area contributed by atoms with Gasteiger partial charge in [-0.2, -0.15) is 0 Å². The number of thiophene rings is 1. The lowest BCUT2D eigenvalue weighted by Crippen LogP contribution is -2.14. The van der Waals surface area contributed by atoms with Crippen LogP contribution >= 0.6 is 39.0 Å². The van der Waals surface area contributed by atoms with E-state index in [0.717, 1.165) is 38.7 Å². The first kappa shape index (κ1) is 17.0. The lowest BCUT2D eigenvalue weighted by atomic mass is 10.1. The smallest absolute Gasteiger partial charge is 0.192 e. The molecule has 1 saturated carbocycles. The van der Waals surface area contributed by atoms with Crippen LogP contribution in [0, 0.1) is 0 Å². The molecular weight excluding hydrogens is 418 g/mol. The van der Waals surface area contributed by atoms with E-state index >= 15 is 0 Å². The summed E-state index contributed by atoms with van der Waals surface area (Å²) in [5.41, 5.74) is 0.721. The van der Waals surface area contributed by atoms with E-state index in [1.54, 1.807) is 11.3 Å². The van der Waals surface area contributed by atoms with Crippen molar-refractivity contribution in [2.24, 2.45) is 0 Å². The Morgan fingerprint density at radius 2 is 2.04 bits per heavy atom. The number of hydrogen-bond donors (Lipinski definition) is 0. The molecule has 128 valence electrons. The van der Waals surface area contributed by atoms with Gasteiger partial charge in [-0.1, -0.05) is 45.9 Å². The van der Waals surface area contributed by atoms with Gasteiger partial charge in [0.25, 0.3) is 0 Å². The Morgan fingerprint density at radius 1 is 1.28 bits per heavy atom. The van der Waals surface area contributed by atoms with Gasteiger partial charge in [0.15, 0.2) is 16.8 Å². The molecule has 0 radical (unpaired) electrons. The number of hydrogen-bond acceptors (Lipinski definition) is 5. The normalized spacial score (nSPS) is 15.3. The quantitative estimate of drug-likeness (QED) is 0.382. The first-order valence-corrected chi connectivity index (χ1v) is 10.6. The highest BCUT2D eigenvalue weighted by Gasteiger charge is 2.31. The van der Waals surface area contributed by atoms with Crippen LogP contribution in [0.15, 0.2) is 51.4 Å². The minimum Gasteiger partial charge on any atom is -0.298 e. The summed E-state index contributed by atoms with van der Waals surface area (Å²) in [6.07, 6.45) is 2.30. The standard InChI is InChI=1S/C18H16BrN3OS2/c1-11(16(23)12-4-6-13(19)7-5-12)25-18-21-20-17(15-3-2-10-24-15)22(18)14-8-9-14/h2-7,10-11,14H,8-9H2,1H3. The fraction of sp³-hybridized carbons (Fsp3) is 0.278. The molecule has 0 spiro atoms. The van der Waals surface area contributed by atoms with Gasteiger partial charge in [0.05, 0.1) is 10.1 Å². The van der Waals surface area contributed by atoms with Gasteiger partial charge in [-0.15, -0.1) is 21.5 Å². The van der Waals surface area contributed by atoms with Crippen LogP contribution in [0.5, 0.6) is 0 Å². The molecule has 0 N–H and O–H groups in total. The monoisotopic (exact) mass is 433 g/mol. The van der Waals surface area contributed by atoms with Crippen molar-refractivity contribution < 1.29 is 4.79 Å². The van der Waals surface area contributed by atoms with E-state index in [1.165, 1.54) is 11.8 Å².